The highest BCUT2D eigenvalue weighted by molar-refractivity contribution is 5.94. The van der Waals surface area contributed by atoms with E-state index in [1.807, 2.05) is 39.0 Å². The zero-order chi connectivity index (χ0) is 17.3. The maximum atomic E-state index is 12.6. The fourth-order valence-electron chi connectivity index (χ4n) is 3.07. The van der Waals surface area contributed by atoms with Gasteiger partial charge in [0.15, 0.2) is 0 Å². The third kappa shape index (κ3) is 3.37. The third-order valence-corrected chi connectivity index (χ3v) is 4.28. The maximum Gasteiger partial charge on any atom is 0.251 e. The lowest BCUT2D eigenvalue weighted by Gasteiger charge is -2.38. The summed E-state index contributed by atoms with van der Waals surface area (Å²) in [4.78, 5) is 12.6. The van der Waals surface area contributed by atoms with Crippen molar-refractivity contribution >= 4 is 5.91 Å². The second-order valence-electron chi connectivity index (χ2n) is 6.86. The van der Waals surface area contributed by atoms with E-state index in [2.05, 4.69) is 5.32 Å². The van der Waals surface area contributed by atoms with Gasteiger partial charge >= 0.3 is 0 Å². The number of aryl methyl sites for hydroxylation is 1. The summed E-state index contributed by atoms with van der Waals surface area (Å²) in [5.74, 6) is 1.50. The molecule has 1 aliphatic heterocycles. The molecule has 1 amide bonds. The van der Waals surface area contributed by atoms with Crippen LogP contribution < -0.4 is 14.8 Å². The maximum absolute atomic E-state index is 12.6. The molecule has 0 aromatic heterocycles. The summed E-state index contributed by atoms with van der Waals surface area (Å²) in [6, 6.07) is 13.2. The fraction of sp³-hybridized carbons (Fsp3) is 0.350. The van der Waals surface area contributed by atoms with E-state index >= 15 is 0 Å². The monoisotopic (exact) mass is 325 g/mol. The van der Waals surface area contributed by atoms with Crippen LogP contribution in [0, 0.1) is 6.92 Å². The predicted octanol–water partition coefficient (Wildman–Crippen LogP) is 4.04. The molecule has 4 nitrogen and oxygen atoms in total. The van der Waals surface area contributed by atoms with Crippen LogP contribution in [0.3, 0.4) is 0 Å². The van der Waals surface area contributed by atoms with Crippen LogP contribution in [0.1, 0.15) is 47.8 Å². The van der Waals surface area contributed by atoms with Gasteiger partial charge in [-0.3, -0.25) is 4.79 Å². The third-order valence-electron chi connectivity index (χ3n) is 4.28. The topological polar surface area (TPSA) is 47.6 Å². The van der Waals surface area contributed by atoms with Gasteiger partial charge < -0.3 is 14.8 Å². The Labute approximate surface area is 142 Å². The number of hydrogen-bond donors (Lipinski definition) is 1. The fourth-order valence-corrected chi connectivity index (χ4v) is 3.07. The smallest absolute Gasteiger partial charge is 0.251 e. The van der Waals surface area contributed by atoms with Crippen molar-refractivity contribution in [2.24, 2.45) is 0 Å². The molecule has 2 aromatic rings. The number of fused-ring (bicyclic) bond motifs is 1. The molecule has 0 saturated heterocycles. The molecule has 0 fully saturated rings. The molecule has 3 rings (SSSR count). The average molecular weight is 325 g/mol. The van der Waals surface area contributed by atoms with E-state index in [0.29, 0.717) is 5.56 Å². The first-order chi connectivity index (χ1) is 11.4. The summed E-state index contributed by atoms with van der Waals surface area (Å²) < 4.78 is 11.2. The van der Waals surface area contributed by atoms with Crippen molar-refractivity contribution in [3.8, 4) is 11.5 Å². The molecule has 0 unspecified atom stereocenters. The molecular weight excluding hydrogens is 302 g/mol. The van der Waals surface area contributed by atoms with E-state index in [-0.39, 0.29) is 17.6 Å². The molecule has 126 valence electrons. The Kier molecular flexibility index (Phi) is 4.22. The highest BCUT2D eigenvalue weighted by Gasteiger charge is 2.34. The van der Waals surface area contributed by atoms with Crippen molar-refractivity contribution in [2.45, 2.75) is 38.8 Å². The second-order valence-corrected chi connectivity index (χ2v) is 6.86. The highest BCUT2D eigenvalue weighted by Crippen LogP contribution is 2.40. The lowest BCUT2D eigenvalue weighted by Crippen LogP contribution is -2.41. The second kappa shape index (κ2) is 6.19. The number of hydrogen-bond acceptors (Lipinski definition) is 3. The molecule has 2 aromatic carbocycles. The first-order valence-corrected chi connectivity index (χ1v) is 8.12. The Morgan fingerprint density at radius 1 is 1.21 bits per heavy atom. The number of carbonyl (C=O) groups is 1. The summed E-state index contributed by atoms with van der Waals surface area (Å²) in [5, 5.41) is 3.14. The first kappa shape index (κ1) is 16.4. The minimum atomic E-state index is -0.321. The number of rotatable bonds is 3. The van der Waals surface area contributed by atoms with E-state index in [4.69, 9.17) is 9.47 Å². The minimum Gasteiger partial charge on any atom is -0.497 e. The first-order valence-electron chi connectivity index (χ1n) is 8.12. The van der Waals surface area contributed by atoms with Gasteiger partial charge in [0.05, 0.1) is 13.2 Å². The van der Waals surface area contributed by atoms with E-state index in [9.17, 15) is 4.79 Å². The van der Waals surface area contributed by atoms with Crippen molar-refractivity contribution in [1.82, 2.24) is 5.32 Å². The Balaban J connectivity index is 1.84. The molecule has 0 radical (unpaired) electrons. The molecule has 1 atom stereocenters. The van der Waals surface area contributed by atoms with E-state index in [1.165, 1.54) is 0 Å². The standard InChI is InChI=1S/C20H23NO3/c1-13-5-10-16-17(12-20(2,3)24-18(16)11-13)21-19(22)14-6-8-15(23-4)9-7-14/h5-11,17H,12H2,1-4H3,(H,21,22)/t17-/m0/s1. The van der Waals surface area contributed by atoms with Crippen LogP contribution in [-0.2, 0) is 0 Å². The molecule has 0 bridgehead atoms. The SMILES string of the molecule is COc1ccc(C(=O)N[C@H]2CC(C)(C)Oc3cc(C)ccc32)cc1. The van der Waals surface area contributed by atoms with Gasteiger partial charge in [0, 0.05) is 17.5 Å². The van der Waals surface area contributed by atoms with Crippen LogP contribution >= 0.6 is 0 Å². The summed E-state index contributed by atoms with van der Waals surface area (Å²) >= 11 is 0. The van der Waals surface area contributed by atoms with Gasteiger partial charge in [0.2, 0.25) is 0 Å². The van der Waals surface area contributed by atoms with Crippen molar-refractivity contribution in [2.75, 3.05) is 7.11 Å². The molecule has 1 heterocycles. The van der Waals surface area contributed by atoms with E-state index in [1.54, 1.807) is 31.4 Å². The quantitative estimate of drug-likeness (QED) is 0.926. The molecule has 1 aliphatic rings. The van der Waals surface area contributed by atoms with Gasteiger partial charge in [-0.15, -0.1) is 0 Å². The number of carbonyl (C=O) groups excluding carboxylic acids is 1. The van der Waals surface area contributed by atoms with Gasteiger partial charge in [-0.25, -0.2) is 0 Å². The number of ether oxygens (including phenoxy) is 2. The summed E-state index contributed by atoms with van der Waals surface area (Å²) in [6.45, 7) is 6.13. The van der Waals surface area contributed by atoms with Gasteiger partial charge in [0.25, 0.3) is 5.91 Å². The molecule has 0 spiro atoms. The van der Waals surface area contributed by atoms with Crippen molar-refractivity contribution in [3.63, 3.8) is 0 Å². The van der Waals surface area contributed by atoms with Crippen molar-refractivity contribution in [1.29, 1.82) is 0 Å². The van der Waals surface area contributed by atoms with Crippen molar-refractivity contribution in [3.05, 3.63) is 59.2 Å². The van der Waals surface area contributed by atoms with Crippen LogP contribution in [-0.4, -0.2) is 18.6 Å². The Morgan fingerprint density at radius 2 is 1.92 bits per heavy atom. The molecule has 4 heteroatoms. The Bertz CT molecular complexity index is 750. The summed E-state index contributed by atoms with van der Waals surface area (Å²) in [5.41, 5.74) is 2.47. The van der Waals surface area contributed by atoms with Gasteiger partial charge in [-0.05, 0) is 56.7 Å². The van der Waals surface area contributed by atoms with Crippen LogP contribution in [0.5, 0.6) is 11.5 Å². The molecule has 24 heavy (non-hydrogen) atoms. The predicted molar refractivity (Wildman–Crippen MR) is 93.7 cm³/mol. The van der Waals surface area contributed by atoms with E-state index in [0.717, 1.165) is 29.0 Å². The van der Waals surface area contributed by atoms with Crippen LogP contribution in [0.4, 0.5) is 0 Å². The summed E-state index contributed by atoms with van der Waals surface area (Å²) in [7, 11) is 1.61. The Morgan fingerprint density at radius 3 is 2.58 bits per heavy atom. The lowest BCUT2D eigenvalue weighted by molar-refractivity contribution is 0.0619. The minimum absolute atomic E-state index is 0.0704. The van der Waals surface area contributed by atoms with Crippen LogP contribution in [0.25, 0.3) is 0 Å². The average Bonchev–Trinajstić information content (AvgIpc) is 2.53. The zero-order valence-corrected chi connectivity index (χ0v) is 14.6. The normalized spacial score (nSPS) is 18.2. The number of benzene rings is 2. The highest BCUT2D eigenvalue weighted by atomic mass is 16.5. The van der Waals surface area contributed by atoms with Gasteiger partial charge in [0.1, 0.15) is 17.1 Å². The molecule has 0 aliphatic carbocycles. The van der Waals surface area contributed by atoms with Gasteiger partial charge in [-0.1, -0.05) is 12.1 Å². The van der Waals surface area contributed by atoms with Crippen LogP contribution in [0.2, 0.25) is 0 Å². The molecule has 0 saturated carbocycles. The largest absolute Gasteiger partial charge is 0.497 e. The number of methoxy groups -OCH3 is 1. The molecular formula is C20H23NO3. The number of nitrogens with one attached hydrogen (secondary N) is 1. The Hall–Kier alpha value is -2.49. The van der Waals surface area contributed by atoms with Gasteiger partial charge in [-0.2, -0.15) is 0 Å². The van der Waals surface area contributed by atoms with Crippen molar-refractivity contribution < 1.29 is 14.3 Å². The number of amides is 1. The molecule has 1 N–H and O–H groups in total. The summed E-state index contributed by atoms with van der Waals surface area (Å²) in [6.07, 6.45) is 0.727. The zero-order valence-electron chi connectivity index (χ0n) is 14.6. The van der Waals surface area contributed by atoms with E-state index < -0.39 is 0 Å². The van der Waals surface area contributed by atoms with Crippen LogP contribution in [0.15, 0.2) is 42.5 Å². The lowest BCUT2D eigenvalue weighted by atomic mass is 9.89.